The number of carbonyl (C=O) groups excluding carboxylic acids is 1. The van der Waals surface area contributed by atoms with Crippen molar-refractivity contribution in [2.24, 2.45) is 0 Å². The zero-order valence-electron chi connectivity index (χ0n) is 18.0. The summed E-state index contributed by atoms with van der Waals surface area (Å²) < 4.78 is 27.2. The lowest BCUT2D eigenvalue weighted by Crippen LogP contribution is -2.24. The van der Waals surface area contributed by atoms with Crippen molar-refractivity contribution >= 4 is 40.8 Å². The van der Waals surface area contributed by atoms with Gasteiger partial charge in [-0.3, -0.25) is 9.78 Å². The average Bonchev–Trinajstić information content (AvgIpc) is 3.15. The van der Waals surface area contributed by atoms with E-state index in [0.717, 1.165) is 27.5 Å². The van der Waals surface area contributed by atoms with Gasteiger partial charge in [-0.05, 0) is 40.2 Å². The van der Waals surface area contributed by atoms with E-state index in [-0.39, 0.29) is 12.1 Å². The van der Waals surface area contributed by atoms with Gasteiger partial charge >= 0.3 is 0 Å². The van der Waals surface area contributed by atoms with Crippen LogP contribution in [-0.4, -0.2) is 42.5 Å². The first-order valence-electron chi connectivity index (χ1n) is 9.88. The molecule has 7 nitrogen and oxygen atoms in total. The van der Waals surface area contributed by atoms with Crippen molar-refractivity contribution in [2.75, 3.05) is 13.7 Å². The Bertz CT molecular complexity index is 1080. The first-order chi connectivity index (χ1) is 14.7. The van der Waals surface area contributed by atoms with Crippen molar-refractivity contribution in [3.8, 4) is 5.75 Å². The van der Waals surface area contributed by atoms with Crippen LogP contribution in [0, 0.1) is 5.82 Å². The molecule has 0 saturated carbocycles. The molecule has 0 aliphatic carbocycles. The number of hydrogen-bond acceptors (Lipinski definition) is 5. The molecular weight excluding hydrogens is 483 g/mol. The number of benzene rings is 1. The van der Waals surface area contributed by atoms with Crippen molar-refractivity contribution in [3.63, 3.8) is 0 Å². The Balaban J connectivity index is 1.77. The minimum atomic E-state index is -1.18. The number of pyridine rings is 1. The quantitative estimate of drug-likeness (QED) is 0.338. The topological polar surface area (TPSA) is 78.3 Å². The van der Waals surface area contributed by atoms with Crippen LogP contribution < -0.4 is 10.1 Å². The van der Waals surface area contributed by atoms with Gasteiger partial charge < -0.3 is 14.8 Å². The van der Waals surface area contributed by atoms with Crippen molar-refractivity contribution in [1.82, 2.24) is 20.1 Å². The summed E-state index contributed by atoms with van der Waals surface area (Å²) in [5.41, 5.74) is 1.53. The Hall–Kier alpha value is -2.30. The maximum atomic E-state index is 13.6. The maximum Gasteiger partial charge on any atom is 0.255 e. The molecule has 0 bridgehead atoms. The highest BCUT2D eigenvalue weighted by Gasteiger charge is 2.17. The lowest BCUT2D eigenvalue weighted by Gasteiger charge is -2.16. The summed E-state index contributed by atoms with van der Waals surface area (Å²) in [5, 5.41) is 8.09. The van der Waals surface area contributed by atoms with Gasteiger partial charge in [0.1, 0.15) is 18.3 Å². The van der Waals surface area contributed by atoms with Gasteiger partial charge in [-0.15, -0.1) is 0 Å². The minimum Gasteiger partial charge on any atom is -0.496 e. The summed E-state index contributed by atoms with van der Waals surface area (Å²) >= 11 is 3.50. The number of aromatic nitrogens is 3. The second-order valence-corrected chi connectivity index (χ2v) is 14.8. The van der Waals surface area contributed by atoms with Gasteiger partial charge in [0.15, 0.2) is 0 Å². The fraction of sp³-hybridized carbons (Fsp3) is 0.381. The van der Waals surface area contributed by atoms with Crippen LogP contribution in [0.3, 0.4) is 0 Å². The number of hydrogen-bond donors (Lipinski definition) is 1. The Morgan fingerprint density at radius 2 is 2.06 bits per heavy atom. The number of nitrogens with one attached hydrogen (secondary N) is 1. The number of carbonyl (C=O) groups is 1. The van der Waals surface area contributed by atoms with Crippen LogP contribution in [-0.2, 0) is 18.0 Å². The zero-order valence-corrected chi connectivity index (χ0v) is 20.6. The molecule has 1 amide bonds. The highest BCUT2D eigenvalue weighted by Crippen LogP contribution is 2.26. The van der Waals surface area contributed by atoms with E-state index in [2.05, 4.69) is 51.0 Å². The van der Waals surface area contributed by atoms with Crippen LogP contribution in [0.15, 0.2) is 35.1 Å². The molecule has 0 unspecified atom stereocenters. The predicted octanol–water partition coefficient (Wildman–Crippen LogP) is 4.58. The number of ether oxygens (including phenoxy) is 2. The molecule has 0 fully saturated rings. The molecule has 0 spiro atoms. The first kappa shape index (κ1) is 23.4. The summed E-state index contributed by atoms with van der Waals surface area (Å²) in [5.74, 6) is -0.663. The van der Waals surface area contributed by atoms with Gasteiger partial charge in [0, 0.05) is 30.7 Å². The highest BCUT2D eigenvalue weighted by molar-refractivity contribution is 9.10. The summed E-state index contributed by atoms with van der Waals surface area (Å²) in [4.78, 5) is 17.1. The maximum absolute atomic E-state index is 13.6. The van der Waals surface area contributed by atoms with E-state index in [1.165, 1.54) is 19.2 Å². The predicted molar refractivity (Wildman–Crippen MR) is 123 cm³/mol. The molecule has 2 aromatic heterocycles. The Labute approximate surface area is 190 Å². The average molecular weight is 509 g/mol. The van der Waals surface area contributed by atoms with E-state index in [4.69, 9.17) is 9.47 Å². The molecule has 0 aliphatic rings. The monoisotopic (exact) mass is 508 g/mol. The van der Waals surface area contributed by atoms with Crippen LogP contribution in [0.2, 0.25) is 25.7 Å². The van der Waals surface area contributed by atoms with E-state index < -0.39 is 19.8 Å². The van der Waals surface area contributed by atoms with Crippen molar-refractivity contribution < 1.29 is 18.7 Å². The lowest BCUT2D eigenvalue weighted by atomic mass is 10.1. The van der Waals surface area contributed by atoms with Crippen LogP contribution in [0.4, 0.5) is 4.39 Å². The fourth-order valence-electron chi connectivity index (χ4n) is 3.00. The number of methoxy groups -OCH3 is 1. The molecular formula is C21H26BrFN4O3Si. The molecule has 2 heterocycles. The smallest absolute Gasteiger partial charge is 0.255 e. The summed E-state index contributed by atoms with van der Waals surface area (Å²) in [6.45, 7) is 8.01. The molecule has 1 aromatic carbocycles. The van der Waals surface area contributed by atoms with Crippen LogP contribution in [0.1, 0.15) is 16.1 Å². The fourth-order valence-corrected chi connectivity index (χ4v) is 4.15. The van der Waals surface area contributed by atoms with Gasteiger partial charge in [-0.25, -0.2) is 9.07 Å². The molecule has 10 heteroatoms. The van der Waals surface area contributed by atoms with Gasteiger partial charge in [0.2, 0.25) is 0 Å². The molecule has 0 saturated heterocycles. The van der Waals surface area contributed by atoms with E-state index in [1.807, 2.05) is 0 Å². The number of halogens is 2. The molecule has 3 rings (SSSR count). The molecule has 0 aliphatic heterocycles. The van der Waals surface area contributed by atoms with Crippen molar-refractivity contribution in [1.29, 1.82) is 0 Å². The number of rotatable bonds is 9. The lowest BCUT2D eigenvalue weighted by molar-refractivity contribution is 0.0815. The molecule has 0 atom stereocenters. The number of amides is 1. The first-order valence-corrected chi connectivity index (χ1v) is 14.4. The second kappa shape index (κ2) is 9.88. The van der Waals surface area contributed by atoms with E-state index in [9.17, 15) is 9.18 Å². The standard InChI is InChI=1S/C21H26BrFN4O3Si/c1-29-19-6-5-14(23)9-15(19)21(28)25-12-18-20-16(17(22)11-24-18)10-26-27(20)13-30-7-8-31(2,3)4/h5-6,9-11H,7-8,12-13H2,1-4H3,(H,25,28). The Kier molecular flexibility index (Phi) is 7.45. The van der Waals surface area contributed by atoms with Crippen LogP contribution in [0.25, 0.3) is 10.9 Å². The van der Waals surface area contributed by atoms with Crippen LogP contribution in [0.5, 0.6) is 5.75 Å². The Morgan fingerprint density at radius 1 is 1.29 bits per heavy atom. The van der Waals surface area contributed by atoms with Crippen LogP contribution >= 0.6 is 15.9 Å². The number of fused-ring (bicyclic) bond motifs is 1. The summed E-state index contributed by atoms with van der Waals surface area (Å²) in [7, 11) is 0.254. The van der Waals surface area contributed by atoms with Gasteiger partial charge in [-0.1, -0.05) is 19.6 Å². The van der Waals surface area contributed by atoms with E-state index in [1.54, 1.807) is 17.1 Å². The molecule has 3 aromatic rings. The normalized spacial score (nSPS) is 11.7. The third kappa shape index (κ3) is 5.90. The van der Waals surface area contributed by atoms with E-state index >= 15 is 0 Å². The zero-order chi connectivity index (χ0) is 22.6. The second-order valence-electron chi connectivity index (χ2n) is 8.33. The molecule has 31 heavy (non-hydrogen) atoms. The van der Waals surface area contributed by atoms with E-state index in [0.29, 0.717) is 24.8 Å². The SMILES string of the molecule is COc1ccc(F)cc1C(=O)NCc1ncc(Br)c2cnn(COCC[Si](C)(C)C)c12. The minimum absolute atomic E-state index is 0.124. The molecule has 1 N–H and O–H groups in total. The van der Waals surface area contributed by atoms with Gasteiger partial charge in [0.05, 0.1) is 36.6 Å². The third-order valence-corrected chi connectivity index (χ3v) is 7.07. The van der Waals surface area contributed by atoms with Gasteiger partial charge in [-0.2, -0.15) is 5.10 Å². The number of nitrogens with zero attached hydrogens (tertiary/aromatic N) is 3. The van der Waals surface area contributed by atoms with Gasteiger partial charge in [0.25, 0.3) is 5.91 Å². The summed E-state index contributed by atoms with van der Waals surface area (Å²) in [6, 6.07) is 4.88. The van der Waals surface area contributed by atoms with Crippen molar-refractivity contribution in [3.05, 3.63) is 52.1 Å². The Morgan fingerprint density at radius 3 is 2.77 bits per heavy atom. The molecule has 166 valence electrons. The highest BCUT2D eigenvalue weighted by atomic mass is 79.9. The largest absolute Gasteiger partial charge is 0.496 e. The third-order valence-electron chi connectivity index (χ3n) is 4.74. The molecule has 0 radical (unpaired) electrons. The van der Waals surface area contributed by atoms with Crippen molar-refractivity contribution in [2.45, 2.75) is 39.0 Å². The summed E-state index contributed by atoms with van der Waals surface area (Å²) in [6.07, 6.45) is 3.41.